The number of benzene rings is 2. The van der Waals surface area contributed by atoms with Gasteiger partial charge in [-0.1, -0.05) is 23.8 Å². The van der Waals surface area contributed by atoms with Crippen LogP contribution in [0.2, 0.25) is 0 Å². The van der Waals surface area contributed by atoms with Gasteiger partial charge in [-0.05, 0) is 68.0 Å². The Balaban J connectivity index is 1.71. The molecule has 7 nitrogen and oxygen atoms in total. The number of nitrogens with one attached hydrogen (secondary N) is 1. The molecule has 1 aliphatic rings. The van der Waals surface area contributed by atoms with Crippen LogP contribution in [0.25, 0.3) is 17.0 Å². The molecule has 2 aromatic carbocycles. The highest BCUT2D eigenvalue weighted by molar-refractivity contribution is 7.80. The number of aryl methyl sites for hydroxylation is 1. The van der Waals surface area contributed by atoms with Crippen LogP contribution in [0.3, 0.4) is 0 Å². The molecule has 2 heterocycles. The number of hydrogen-bond donors (Lipinski definition) is 2. The van der Waals surface area contributed by atoms with Gasteiger partial charge in [-0.2, -0.15) is 0 Å². The predicted molar refractivity (Wildman–Crippen MR) is 122 cm³/mol. The summed E-state index contributed by atoms with van der Waals surface area (Å²) in [5.74, 6) is -1.99. The Bertz CT molecular complexity index is 1270. The van der Waals surface area contributed by atoms with E-state index in [1.807, 2.05) is 19.1 Å². The highest BCUT2D eigenvalue weighted by Crippen LogP contribution is 2.25. The number of aliphatic carboxylic acids is 1. The van der Waals surface area contributed by atoms with Crippen molar-refractivity contribution in [3.05, 3.63) is 71.4 Å². The zero-order valence-electron chi connectivity index (χ0n) is 16.8. The fourth-order valence-corrected chi connectivity index (χ4v) is 3.76. The number of aromatic nitrogens is 1. The van der Waals surface area contributed by atoms with Crippen LogP contribution in [0.15, 0.2) is 60.3 Å². The third-order valence-corrected chi connectivity index (χ3v) is 5.51. The lowest BCUT2D eigenvalue weighted by Gasteiger charge is -2.29. The average Bonchev–Trinajstić information content (AvgIpc) is 3.15. The minimum Gasteiger partial charge on any atom is -0.480 e. The highest BCUT2D eigenvalue weighted by atomic mass is 32.1. The highest BCUT2D eigenvalue weighted by Gasteiger charge is 2.34. The van der Waals surface area contributed by atoms with E-state index in [4.69, 9.17) is 12.2 Å². The van der Waals surface area contributed by atoms with E-state index in [1.165, 1.54) is 11.0 Å². The third-order valence-electron chi connectivity index (χ3n) is 5.22. The van der Waals surface area contributed by atoms with E-state index in [0.717, 1.165) is 16.5 Å². The van der Waals surface area contributed by atoms with Crippen LogP contribution < -0.4 is 10.2 Å². The van der Waals surface area contributed by atoms with Crippen LogP contribution in [0.5, 0.6) is 0 Å². The first-order chi connectivity index (χ1) is 14.8. The monoisotopic (exact) mass is 433 g/mol. The smallest absolute Gasteiger partial charge is 0.326 e. The molecular formula is C23H19N3O4S. The van der Waals surface area contributed by atoms with E-state index in [2.05, 4.69) is 5.32 Å². The number of anilines is 1. The molecule has 0 saturated carbocycles. The summed E-state index contributed by atoms with van der Waals surface area (Å²) in [6, 6.07) is 13.7. The lowest BCUT2D eigenvalue weighted by atomic mass is 10.1. The molecule has 2 N–H and O–H groups in total. The quantitative estimate of drug-likeness (QED) is 0.374. The molecule has 8 heteroatoms. The van der Waals surface area contributed by atoms with Crippen molar-refractivity contribution in [2.45, 2.75) is 19.9 Å². The standard InChI is InChI=1S/C23H19N3O4S/c1-13-3-6-17(7-4-13)26-21(28)18(20(27)24-23(26)31)12-15-5-8-19-16(11-15)9-10-25(19)14(2)22(29)30/h3-12,14H,1-2H3,(H,29,30)(H,24,27,31)/b18-12+/t14-/m1/s1. The van der Waals surface area contributed by atoms with Crippen molar-refractivity contribution in [2.24, 2.45) is 0 Å². The topological polar surface area (TPSA) is 91.6 Å². The van der Waals surface area contributed by atoms with Crippen molar-refractivity contribution in [3.8, 4) is 0 Å². The number of carboxylic acids is 1. The number of rotatable bonds is 4. The molecule has 1 fully saturated rings. The number of carbonyl (C=O) groups excluding carboxylic acids is 2. The molecule has 1 saturated heterocycles. The number of fused-ring (bicyclic) bond motifs is 1. The lowest BCUT2D eigenvalue weighted by molar-refractivity contribution is -0.140. The number of carbonyl (C=O) groups is 3. The zero-order chi connectivity index (χ0) is 22.3. The largest absolute Gasteiger partial charge is 0.480 e. The Morgan fingerprint density at radius 2 is 1.84 bits per heavy atom. The van der Waals surface area contributed by atoms with Gasteiger partial charge >= 0.3 is 5.97 Å². The van der Waals surface area contributed by atoms with Crippen LogP contribution in [-0.2, 0) is 14.4 Å². The van der Waals surface area contributed by atoms with E-state index in [-0.39, 0.29) is 10.7 Å². The Kier molecular flexibility index (Phi) is 5.16. The van der Waals surface area contributed by atoms with Gasteiger partial charge in [-0.25, -0.2) is 4.79 Å². The Morgan fingerprint density at radius 1 is 1.13 bits per heavy atom. The maximum Gasteiger partial charge on any atom is 0.326 e. The summed E-state index contributed by atoms with van der Waals surface area (Å²) < 4.78 is 1.66. The van der Waals surface area contributed by atoms with E-state index in [1.54, 1.807) is 54.1 Å². The van der Waals surface area contributed by atoms with E-state index in [0.29, 0.717) is 11.3 Å². The normalized spacial score (nSPS) is 16.6. The summed E-state index contributed by atoms with van der Waals surface area (Å²) in [4.78, 5) is 38.2. The molecule has 2 amide bonds. The van der Waals surface area contributed by atoms with Crippen molar-refractivity contribution >= 4 is 57.8 Å². The average molecular weight is 433 g/mol. The van der Waals surface area contributed by atoms with E-state index >= 15 is 0 Å². The minimum atomic E-state index is -0.930. The number of nitrogens with zero attached hydrogens (tertiary/aromatic N) is 2. The molecule has 156 valence electrons. The first-order valence-electron chi connectivity index (χ1n) is 9.58. The molecule has 0 radical (unpaired) electrons. The predicted octanol–water partition coefficient (Wildman–Crippen LogP) is 3.43. The van der Waals surface area contributed by atoms with Gasteiger partial charge in [0.25, 0.3) is 11.8 Å². The second-order valence-corrected chi connectivity index (χ2v) is 7.74. The van der Waals surface area contributed by atoms with Gasteiger partial charge in [0.05, 0.1) is 5.69 Å². The van der Waals surface area contributed by atoms with Crippen molar-refractivity contribution in [3.63, 3.8) is 0 Å². The van der Waals surface area contributed by atoms with E-state index in [9.17, 15) is 19.5 Å². The van der Waals surface area contributed by atoms with Gasteiger partial charge in [0.15, 0.2) is 5.11 Å². The summed E-state index contributed by atoms with van der Waals surface area (Å²) in [6.45, 7) is 3.54. The Labute approximate surface area is 183 Å². The molecule has 1 atom stereocenters. The summed E-state index contributed by atoms with van der Waals surface area (Å²) in [7, 11) is 0. The minimum absolute atomic E-state index is 0.0335. The molecule has 1 aliphatic heterocycles. The lowest BCUT2D eigenvalue weighted by Crippen LogP contribution is -2.54. The van der Waals surface area contributed by atoms with Crippen molar-refractivity contribution < 1.29 is 19.5 Å². The summed E-state index contributed by atoms with van der Waals surface area (Å²) in [5, 5.41) is 12.7. The maximum atomic E-state index is 13.1. The molecule has 31 heavy (non-hydrogen) atoms. The number of amides is 2. The fraction of sp³-hybridized carbons (Fsp3) is 0.130. The second-order valence-electron chi connectivity index (χ2n) is 7.35. The first kappa shape index (κ1) is 20.5. The summed E-state index contributed by atoms with van der Waals surface area (Å²) in [5.41, 5.74) is 2.97. The summed E-state index contributed by atoms with van der Waals surface area (Å²) >= 11 is 5.22. The molecule has 0 unspecified atom stereocenters. The van der Waals surface area contributed by atoms with Crippen molar-refractivity contribution in [1.29, 1.82) is 0 Å². The number of thiocarbonyl (C=S) groups is 1. The van der Waals surface area contributed by atoms with Gasteiger partial charge in [0, 0.05) is 17.1 Å². The van der Waals surface area contributed by atoms with Gasteiger partial charge in [0.1, 0.15) is 11.6 Å². The molecule has 0 bridgehead atoms. The summed E-state index contributed by atoms with van der Waals surface area (Å²) in [6.07, 6.45) is 3.22. The van der Waals surface area contributed by atoms with Crippen LogP contribution >= 0.6 is 12.2 Å². The van der Waals surface area contributed by atoms with E-state index < -0.39 is 23.8 Å². The first-order valence-corrected chi connectivity index (χ1v) is 9.98. The van der Waals surface area contributed by atoms with Crippen molar-refractivity contribution in [1.82, 2.24) is 9.88 Å². The molecule has 1 aromatic heterocycles. The molecule has 3 aromatic rings. The molecular weight excluding hydrogens is 414 g/mol. The van der Waals surface area contributed by atoms with Crippen molar-refractivity contribution in [2.75, 3.05) is 4.90 Å². The van der Waals surface area contributed by atoms with Gasteiger partial charge in [0.2, 0.25) is 0 Å². The molecule has 0 aliphatic carbocycles. The van der Waals surface area contributed by atoms with Crippen LogP contribution in [0.4, 0.5) is 5.69 Å². The number of hydrogen-bond acceptors (Lipinski definition) is 4. The van der Waals surface area contributed by atoms with Gasteiger partial charge in [-0.3, -0.25) is 19.8 Å². The zero-order valence-corrected chi connectivity index (χ0v) is 17.6. The maximum absolute atomic E-state index is 13.1. The molecule has 0 spiro atoms. The van der Waals surface area contributed by atoms with Crippen LogP contribution in [0, 0.1) is 6.92 Å². The fourth-order valence-electron chi connectivity index (χ4n) is 3.48. The second kappa shape index (κ2) is 7.81. The van der Waals surface area contributed by atoms with Gasteiger partial charge < -0.3 is 9.67 Å². The van der Waals surface area contributed by atoms with Crippen LogP contribution in [0.1, 0.15) is 24.1 Å². The molecule has 4 rings (SSSR count). The van der Waals surface area contributed by atoms with Gasteiger partial charge in [-0.15, -0.1) is 0 Å². The Morgan fingerprint density at radius 3 is 2.52 bits per heavy atom. The third kappa shape index (κ3) is 3.73. The number of carboxylic acid groups (broad SMARTS) is 1. The SMILES string of the molecule is Cc1ccc(N2C(=O)/C(=C/c3ccc4c(ccn4[C@H](C)C(=O)O)c3)C(=O)NC2=S)cc1. The van der Waals surface area contributed by atoms with Crippen LogP contribution in [-0.4, -0.2) is 32.6 Å². The Hall–Kier alpha value is -3.78.